The second kappa shape index (κ2) is 5.88. The van der Waals surface area contributed by atoms with Crippen molar-refractivity contribution in [3.8, 4) is 0 Å². The topological polar surface area (TPSA) is 55.1 Å². The Kier molecular flexibility index (Phi) is 4.78. The van der Waals surface area contributed by atoms with Crippen LogP contribution in [0.2, 0.25) is 0 Å². The van der Waals surface area contributed by atoms with Gasteiger partial charge in [0.2, 0.25) is 5.91 Å². The van der Waals surface area contributed by atoms with Crippen LogP contribution in [-0.2, 0) is 11.2 Å². The molecule has 0 aromatic heterocycles. The van der Waals surface area contributed by atoms with E-state index in [1.54, 1.807) is 6.92 Å². The molecule has 82 valence electrons. The van der Waals surface area contributed by atoms with Crippen molar-refractivity contribution in [2.75, 3.05) is 6.54 Å². The highest BCUT2D eigenvalue weighted by molar-refractivity contribution is 9.10. The summed E-state index contributed by atoms with van der Waals surface area (Å²) >= 11 is 3.46. The monoisotopic (exact) mass is 270 g/mol. The van der Waals surface area contributed by atoms with Crippen molar-refractivity contribution >= 4 is 21.8 Å². The molecule has 0 saturated heterocycles. The third kappa shape index (κ3) is 4.01. The normalized spacial score (nSPS) is 12.2. The fraction of sp³-hybridized carbons (Fsp3) is 0.364. The quantitative estimate of drug-likeness (QED) is 0.871. The molecule has 0 spiro atoms. The Morgan fingerprint density at radius 1 is 1.53 bits per heavy atom. The maximum absolute atomic E-state index is 11.2. The van der Waals surface area contributed by atoms with Gasteiger partial charge in [-0.2, -0.15) is 0 Å². The average Bonchev–Trinajstić information content (AvgIpc) is 2.20. The minimum absolute atomic E-state index is 0.109. The Morgan fingerprint density at radius 3 is 2.80 bits per heavy atom. The molecular formula is C11H15BrN2O. The zero-order valence-corrected chi connectivity index (χ0v) is 10.3. The highest BCUT2D eigenvalue weighted by Crippen LogP contribution is 2.15. The Bertz CT molecular complexity index is 339. The van der Waals surface area contributed by atoms with Gasteiger partial charge in [0.15, 0.2) is 0 Å². The summed E-state index contributed by atoms with van der Waals surface area (Å²) in [5.74, 6) is -0.109. The van der Waals surface area contributed by atoms with Crippen LogP contribution in [0.25, 0.3) is 0 Å². The van der Waals surface area contributed by atoms with Gasteiger partial charge in [-0.1, -0.05) is 34.1 Å². The number of amides is 1. The molecular weight excluding hydrogens is 256 g/mol. The van der Waals surface area contributed by atoms with E-state index in [9.17, 15) is 4.79 Å². The molecule has 0 saturated carbocycles. The Hall–Kier alpha value is -0.870. The highest BCUT2D eigenvalue weighted by atomic mass is 79.9. The molecule has 4 heteroatoms. The summed E-state index contributed by atoms with van der Waals surface area (Å²) in [5, 5.41) is 2.77. The second-order valence-corrected chi connectivity index (χ2v) is 4.28. The van der Waals surface area contributed by atoms with Crippen LogP contribution >= 0.6 is 15.9 Å². The molecule has 3 N–H and O–H groups in total. The predicted molar refractivity (Wildman–Crippen MR) is 64.5 cm³/mol. The summed E-state index contributed by atoms with van der Waals surface area (Å²) in [5.41, 5.74) is 6.61. The fourth-order valence-electron chi connectivity index (χ4n) is 1.18. The third-order valence-corrected chi connectivity index (χ3v) is 2.84. The molecule has 15 heavy (non-hydrogen) atoms. The van der Waals surface area contributed by atoms with E-state index in [0.29, 0.717) is 6.54 Å². The summed E-state index contributed by atoms with van der Waals surface area (Å²) in [4.78, 5) is 11.2. The number of hydrogen-bond donors (Lipinski definition) is 2. The van der Waals surface area contributed by atoms with Crippen LogP contribution in [0.5, 0.6) is 0 Å². The number of carbonyl (C=O) groups excluding carboxylic acids is 1. The molecule has 0 bridgehead atoms. The van der Waals surface area contributed by atoms with Crippen molar-refractivity contribution in [2.24, 2.45) is 5.73 Å². The van der Waals surface area contributed by atoms with Gasteiger partial charge in [0.25, 0.3) is 0 Å². The van der Waals surface area contributed by atoms with Crippen LogP contribution in [0.3, 0.4) is 0 Å². The molecule has 3 nitrogen and oxygen atoms in total. The second-order valence-electron chi connectivity index (χ2n) is 3.42. The minimum Gasteiger partial charge on any atom is -0.354 e. The molecule has 0 heterocycles. The van der Waals surface area contributed by atoms with E-state index in [4.69, 9.17) is 5.73 Å². The van der Waals surface area contributed by atoms with Gasteiger partial charge in [-0.15, -0.1) is 0 Å². The summed E-state index contributed by atoms with van der Waals surface area (Å²) in [6, 6.07) is 7.52. The van der Waals surface area contributed by atoms with Crippen molar-refractivity contribution in [3.05, 3.63) is 34.3 Å². The van der Waals surface area contributed by atoms with E-state index in [2.05, 4.69) is 21.2 Å². The zero-order valence-electron chi connectivity index (χ0n) is 8.66. The largest absolute Gasteiger partial charge is 0.354 e. The van der Waals surface area contributed by atoms with Gasteiger partial charge in [0.05, 0.1) is 6.04 Å². The lowest BCUT2D eigenvalue weighted by Gasteiger charge is -2.08. The van der Waals surface area contributed by atoms with Crippen LogP contribution < -0.4 is 11.1 Å². The van der Waals surface area contributed by atoms with E-state index in [-0.39, 0.29) is 5.91 Å². The molecule has 1 atom stereocenters. The highest BCUT2D eigenvalue weighted by Gasteiger charge is 2.06. The van der Waals surface area contributed by atoms with E-state index in [1.807, 2.05) is 24.3 Å². The lowest BCUT2D eigenvalue weighted by Crippen LogP contribution is -2.39. The molecule has 1 amide bonds. The SMILES string of the molecule is CC(N)C(=O)NCCc1ccccc1Br. The summed E-state index contributed by atoms with van der Waals surface area (Å²) in [7, 11) is 0. The molecule has 0 aliphatic carbocycles. The molecule has 1 rings (SSSR count). The van der Waals surface area contributed by atoms with Crippen LogP contribution in [0.1, 0.15) is 12.5 Å². The van der Waals surface area contributed by atoms with Crippen LogP contribution in [-0.4, -0.2) is 18.5 Å². The number of carbonyl (C=O) groups is 1. The average molecular weight is 271 g/mol. The minimum atomic E-state index is -0.441. The number of halogens is 1. The van der Waals surface area contributed by atoms with Gasteiger partial charge in [0, 0.05) is 11.0 Å². The lowest BCUT2D eigenvalue weighted by molar-refractivity contribution is -0.121. The van der Waals surface area contributed by atoms with Crippen molar-refractivity contribution in [3.63, 3.8) is 0 Å². The zero-order chi connectivity index (χ0) is 11.3. The number of nitrogens with two attached hydrogens (primary N) is 1. The van der Waals surface area contributed by atoms with Gasteiger partial charge in [-0.05, 0) is 25.0 Å². The number of hydrogen-bond acceptors (Lipinski definition) is 2. The summed E-state index contributed by atoms with van der Waals surface area (Å²) in [6.07, 6.45) is 0.805. The molecule has 1 unspecified atom stereocenters. The number of rotatable bonds is 4. The van der Waals surface area contributed by atoms with E-state index < -0.39 is 6.04 Å². The van der Waals surface area contributed by atoms with E-state index in [1.165, 1.54) is 5.56 Å². The number of benzene rings is 1. The maximum Gasteiger partial charge on any atom is 0.236 e. The first-order chi connectivity index (χ1) is 7.11. The van der Waals surface area contributed by atoms with Crippen LogP contribution in [0, 0.1) is 0 Å². The first-order valence-electron chi connectivity index (χ1n) is 4.88. The Labute approximate surface area is 98.2 Å². The smallest absolute Gasteiger partial charge is 0.236 e. The predicted octanol–water partition coefficient (Wildman–Crippen LogP) is 1.46. The summed E-state index contributed by atoms with van der Waals surface area (Å²) in [6.45, 7) is 2.29. The lowest BCUT2D eigenvalue weighted by atomic mass is 10.1. The Morgan fingerprint density at radius 2 is 2.20 bits per heavy atom. The van der Waals surface area contributed by atoms with E-state index in [0.717, 1.165) is 10.9 Å². The molecule has 0 aliphatic rings. The van der Waals surface area contributed by atoms with Crippen molar-refractivity contribution in [1.82, 2.24) is 5.32 Å². The molecule has 1 aromatic carbocycles. The Balaban J connectivity index is 2.38. The standard InChI is InChI=1S/C11H15BrN2O/c1-8(13)11(15)14-7-6-9-4-2-3-5-10(9)12/h2-5,8H,6-7,13H2,1H3,(H,14,15). The van der Waals surface area contributed by atoms with Gasteiger partial charge in [-0.25, -0.2) is 0 Å². The van der Waals surface area contributed by atoms with Crippen molar-refractivity contribution in [1.29, 1.82) is 0 Å². The van der Waals surface area contributed by atoms with Gasteiger partial charge < -0.3 is 11.1 Å². The first kappa shape index (κ1) is 12.2. The van der Waals surface area contributed by atoms with Crippen molar-refractivity contribution in [2.45, 2.75) is 19.4 Å². The van der Waals surface area contributed by atoms with Gasteiger partial charge in [-0.3, -0.25) is 4.79 Å². The van der Waals surface area contributed by atoms with Crippen LogP contribution in [0.15, 0.2) is 28.7 Å². The third-order valence-electron chi connectivity index (χ3n) is 2.06. The summed E-state index contributed by atoms with van der Waals surface area (Å²) < 4.78 is 1.07. The number of nitrogens with one attached hydrogen (secondary N) is 1. The fourth-order valence-corrected chi connectivity index (χ4v) is 1.67. The maximum atomic E-state index is 11.2. The van der Waals surface area contributed by atoms with Crippen molar-refractivity contribution < 1.29 is 4.79 Å². The first-order valence-corrected chi connectivity index (χ1v) is 5.67. The van der Waals surface area contributed by atoms with Gasteiger partial charge in [0.1, 0.15) is 0 Å². The van der Waals surface area contributed by atoms with Crippen LogP contribution in [0.4, 0.5) is 0 Å². The molecule has 0 aliphatic heterocycles. The molecule has 1 aromatic rings. The molecule has 0 radical (unpaired) electrons. The molecule has 0 fully saturated rings. The van der Waals surface area contributed by atoms with E-state index >= 15 is 0 Å². The van der Waals surface area contributed by atoms with Gasteiger partial charge >= 0.3 is 0 Å².